The minimum atomic E-state index is -2.09. The molecular formula is C86H90N6O25. The zero-order valence-electron chi connectivity index (χ0n) is 64.6. The van der Waals surface area contributed by atoms with Crippen molar-refractivity contribution < 1.29 is 119 Å². The van der Waals surface area contributed by atoms with Gasteiger partial charge in [-0.05, 0) is 80.8 Å². The number of hydrogen-bond donors (Lipinski definition) is 0. The second-order valence-electron chi connectivity index (χ2n) is 27.4. The molecule has 8 aromatic carbocycles. The Morgan fingerprint density at radius 2 is 0.701 bits per heavy atom. The highest BCUT2D eigenvalue weighted by Crippen LogP contribution is 2.42. The number of carbonyl (C=O) groups is 5. The summed E-state index contributed by atoms with van der Waals surface area (Å²) in [5, 5.41) is 8.62. The highest BCUT2D eigenvalue weighted by molar-refractivity contribution is 5.90. The molecule has 0 amide bonds. The van der Waals surface area contributed by atoms with Crippen LogP contribution in [-0.4, -0.2) is 194 Å². The third kappa shape index (κ3) is 22.8. The van der Waals surface area contributed by atoms with E-state index in [1.54, 1.807) is 147 Å². The van der Waals surface area contributed by atoms with E-state index in [1.165, 1.54) is 31.4 Å². The summed E-state index contributed by atoms with van der Waals surface area (Å²) >= 11 is 0. The average Bonchev–Trinajstić information content (AvgIpc) is 0.756. The van der Waals surface area contributed by atoms with Crippen molar-refractivity contribution in [3.05, 3.63) is 302 Å². The van der Waals surface area contributed by atoms with Gasteiger partial charge in [-0.1, -0.05) is 210 Å². The number of ether oxygens (including phenoxy) is 20. The molecule has 4 saturated heterocycles. The molecule has 0 unspecified atom stereocenters. The normalized spacial score (nSPS) is 26.8. The molecule has 20 atom stereocenters. The van der Waals surface area contributed by atoms with E-state index in [0.717, 1.165) is 37.8 Å². The number of methoxy groups -OCH3 is 4. The Balaban J connectivity index is 0.975. The molecule has 8 aromatic rings. The molecule has 0 aliphatic carbocycles. The summed E-state index contributed by atoms with van der Waals surface area (Å²) in [7, 11) is 5.00. The smallest absolute Gasteiger partial charge is 0.338 e. The van der Waals surface area contributed by atoms with Gasteiger partial charge in [-0.3, -0.25) is 4.79 Å². The molecule has 0 radical (unpaired) electrons. The molecule has 0 N–H and O–H groups in total. The molecule has 0 saturated carbocycles. The number of benzene rings is 8. The predicted molar refractivity (Wildman–Crippen MR) is 412 cm³/mol. The van der Waals surface area contributed by atoms with E-state index in [4.69, 9.17) is 94.7 Å². The van der Waals surface area contributed by atoms with Gasteiger partial charge in [0, 0.05) is 23.9 Å². The first-order valence-electron chi connectivity index (χ1n) is 37.7. The predicted octanol–water partition coefficient (Wildman–Crippen LogP) is 11.6. The Morgan fingerprint density at radius 3 is 1.09 bits per heavy atom. The van der Waals surface area contributed by atoms with Crippen LogP contribution in [0.15, 0.2) is 247 Å². The second kappa shape index (κ2) is 43.3. The van der Waals surface area contributed by atoms with Crippen LogP contribution in [0.3, 0.4) is 0 Å². The molecule has 31 heteroatoms. The van der Waals surface area contributed by atoms with Crippen LogP contribution in [0.5, 0.6) is 5.75 Å². The standard InChI is InChI=1S/C86H90N6O25/c1-53(93)103-52-64-68(70(106-47-56-31-17-8-18-32-56)66(90-92-88)84(110-64)114-73-71(107-48-57-33-19-9-20-34-57)77(85(101-5)116-75(73)81(96)99-3)111-79(94)60-37-23-11-24-38-60)113-86-78(112-80(95)61-39-25-12-26-40-61)72(108-49-58-35-21-10-22-36-58)74(76(117-86)82(97)100-4)115-83-65(89-91-87)69(105-46-55-29-15-7-16-30-55)67(104-50-59-41-43-62(98-2)44-42-59)63(109-83)51-102-45-54-27-13-6-14-28-54/h6-44,63-78,83-86H,45-52H2,1-5H3/t63-,64-,65-,66-,67-,68-,69-,70-,71+,72+,73+,74+,75-,76-,77-,78-,83-,84-,85-,86-/m1/s1. The van der Waals surface area contributed by atoms with E-state index in [2.05, 4.69) is 20.1 Å². The number of esters is 5. The van der Waals surface area contributed by atoms with Crippen molar-refractivity contribution in [3.8, 4) is 5.75 Å². The van der Waals surface area contributed by atoms with Gasteiger partial charge in [0.05, 0.1) is 78.7 Å². The monoisotopic (exact) mass is 1610 g/mol. The fourth-order valence-electron chi connectivity index (χ4n) is 13.9. The van der Waals surface area contributed by atoms with Gasteiger partial charge in [0.1, 0.15) is 85.5 Å². The third-order valence-corrected chi connectivity index (χ3v) is 19.7. The first-order chi connectivity index (χ1) is 57.2. The minimum absolute atomic E-state index is 0.0141. The number of carbonyl (C=O) groups excluding carboxylic acids is 5. The van der Waals surface area contributed by atoms with Gasteiger partial charge in [0.15, 0.2) is 49.6 Å². The van der Waals surface area contributed by atoms with Gasteiger partial charge in [-0.2, -0.15) is 0 Å². The van der Waals surface area contributed by atoms with Gasteiger partial charge in [-0.25, -0.2) is 19.2 Å². The summed E-state index contributed by atoms with van der Waals surface area (Å²) in [6.07, 6.45) is -30.2. The Morgan fingerprint density at radius 1 is 0.359 bits per heavy atom. The zero-order chi connectivity index (χ0) is 81.8. The molecule has 12 rings (SSSR count). The summed E-state index contributed by atoms with van der Waals surface area (Å²) in [6, 6.07) is 64.9. The van der Waals surface area contributed by atoms with Crippen LogP contribution in [0, 0.1) is 0 Å². The van der Waals surface area contributed by atoms with E-state index in [1.807, 2.05) is 72.8 Å². The molecule has 0 bridgehead atoms. The molecule has 4 fully saturated rings. The van der Waals surface area contributed by atoms with E-state index >= 15 is 9.59 Å². The summed E-state index contributed by atoms with van der Waals surface area (Å²) in [5.41, 5.74) is 25.8. The van der Waals surface area contributed by atoms with E-state index < -0.39 is 159 Å². The first kappa shape index (κ1) is 85.3. The fourth-order valence-corrected chi connectivity index (χ4v) is 13.9. The Bertz CT molecular complexity index is 4530. The fraction of sp³-hybridized carbons (Fsp3) is 0.384. The Kier molecular flexibility index (Phi) is 31.5. The molecule has 0 aromatic heterocycles. The van der Waals surface area contributed by atoms with Crippen LogP contribution in [0.1, 0.15) is 61.0 Å². The van der Waals surface area contributed by atoms with Crippen molar-refractivity contribution in [3.63, 3.8) is 0 Å². The van der Waals surface area contributed by atoms with E-state index in [-0.39, 0.29) is 57.4 Å². The van der Waals surface area contributed by atoms with Crippen molar-refractivity contribution in [2.75, 3.05) is 41.7 Å². The maximum absolute atomic E-state index is 15.3. The van der Waals surface area contributed by atoms with Crippen molar-refractivity contribution in [2.45, 2.75) is 169 Å². The Hall–Kier alpha value is -11.0. The van der Waals surface area contributed by atoms with Crippen LogP contribution < -0.4 is 4.74 Å². The van der Waals surface area contributed by atoms with Crippen molar-refractivity contribution >= 4 is 29.8 Å². The van der Waals surface area contributed by atoms with E-state index in [0.29, 0.717) is 22.4 Å². The molecule has 614 valence electrons. The minimum Gasteiger partial charge on any atom is -0.497 e. The number of nitrogens with zero attached hydrogens (tertiary/aromatic N) is 6. The average molecular weight is 1610 g/mol. The maximum atomic E-state index is 15.3. The molecule has 0 spiro atoms. The lowest BCUT2D eigenvalue weighted by atomic mass is 9.93. The van der Waals surface area contributed by atoms with Crippen LogP contribution in [0.2, 0.25) is 0 Å². The molecular weight excluding hydrogens is 1520 g/mol. The highest BCUT2D eigenvalue weighted by Gasteiger charge is 2.61. The summed E-state index contributed by atoms with van der Waals surface area (Å²) in [6.45, 7) is -0.581. The van der Waals surface area contributed by atoms with Gasteiger partial charge >= 0.3 is 29.8 Å². The summed E-state index contributed by atoms with van der Waals surface area (Å²) in [5.74, 6) is -4.22. The highest BCUT2D eigenvalue weighted by atomic mass is 16.8. The molecule has 4 aliphatic rings. The van der Waals surface area contributed by atoms with Gasteiger partial charge in [0.25, 0.3) is 0 Å². The largest absolute Gasteiger partial charge is 0.497 e. The van der Waals surface area contributed by atoms with Crippen LogP contribution in [0.25, 0.3) is 20.9 Å². The van der Waals surface area contributed by atoms with Crippen LogP contribution >= 0.6 is 0 Å². The SMILES string of the molecule is COC(=O)[C@@H]1O[C@@H](OC)[C@H](OC(=O)c2ccccc2)[C@@H](OCc2ccccc2)[C@@H]1O[C@H]1O[C@H](COC(C)=O)[C@@H](O[C@@H]2O[C@@H](C(=O)OC)[C@@H](O[C@H]3O[C@H](COCc4ccccc4)[C@@H](OCc4ccc(OC)cc4)[C@H](OCc4ccccc4)[C@H]3N=[N+]=[N-])[C@H](OCc3ccccc3)[C@H]2OC(=O)c2ccccc2)[C@H](OCc2ccccc2)[C@H]1N=[N+]=[N-]. The van der Waals surface area contributed by atoms with Crippen LogP contribution in [0.4, 0.5) is 0 Å². The maximum Gasteiger partial charge on any atom is 0.338 e. The third-order valence-electron chi connectivity index (χ3n) is 19.7. The first-order valence-corrected chi connectivity index (χ1v) is 37.7. The lowest BCUT2D eigenvalue weighted by molar-refractivity contribution is -0.376. The zero-order valence-corrected chi connectivity index (χ0v) is 64.6. The van der Waals surface area contributed by atoms with Crippen LogP contribution in [-0.2, 0) is 144 Å². The van der Waals surface area contributed by atoms with Gasteiger partial charge in [0.2, 0.25) is 0 Å². The molecule has 4 heterocycles. The van der Waals surface area contributed by atoms with Gasteiger partial charge < -0.3 is 94.7 Å². The summed E-state index contributed by atoms with van der Waals surface area (Å²) in [4.78, 5) is 79.1. The number of rotatable bonds is 37. The lowest BCUT2D eigenvalue weighted by Gasteiger charge is -2.51. The molecule has 117 heavy (non-hydrogen) atoms. The van der Waals surface area contributed by atoms with E-state index in [9.17, 15) is 25.4 Å². The number of hydrogen-bond acceptors (Lipinski definition) is 27. The molecule has 31 nitrogen and oxygen atoms in total. The Labute approximate surface area is 674 Å². The second-order valence-corrected chi connectivity index (χ2v) is 27.4. The van der Waals surface area contributed by atoms with Crippen molar-refractivity contribution in [1.29, 1.82) is 0 Å². The summed E-state index contributed by atoms with van der Waals surface area (Å²) < 4.78 is 131. The quantitative estimate of drug-likeness (QED) is 0.0115. The number of azide groups is 2. The lowest BCUT2D eigenvalue weighted by Crippen LogP contribution is -2.69. The van der Waals surface area contributed by atoms with Gasteiger partial charge in [-0.15, -0.1) is 0 Å². The van der Waals surface area contributed by atoms with Crippen molar-refractivity contribution in [2.24, 2.45) is 10.2 Å². The molecule has 4 aliphatic heterocycles. The van der Waals surface area contributed by atoms with Crippen molar-refractivity contribution in [1.82, 2.24) is 0 Å². The topological polar surface area (TPSA) is 367 Å².